The largest absolute Gasteiger partial charge is 0.493 e. The van der Waals surface area contributed by atoms with Gasteiger partial charge in [0, 0.05) is 35.0 Å². The first-order valence-corrected chi connectivity index (χ1v) is 12.3. The number of ether oxygens (including phenoxy) is 3. The van der Waals surface area contributed by atoms with Crippen LogP contribution in [0.25, 0.3) is 0 Å². The minimum Gasteiger partial charge on any atom is -0.493 e. The van der Waals surface area contributed by atoms with Gasteiger partial charge in [-0.05, 0) is 65.2 Å². The monoisotopic (exact) mass is 501 g/mol. The molecular formula is C26H35N3O7. The molecule has 0 aliphatic carbocycles. The molecule has 1 aromatic rings. The van der Waals surface area contributed by atoms with Crippen molar-refractivity contribution in [1.82, 2.24) is 4.90 Å². The van der Waals surface area contributed by atoms with Crippen molar-refractivity contribution in [3.05, 3.63) is 45.1 Å². The van der Waals surface area contributed by atoms with Crippen molar-refractivity contribution in [1.29, 1.82) is 0 Å². The molecule has 2 aliphatic rings. The van der Waals surface area contributed by atoms with E-state index in [4.69, 9.17) is 14.2 Å². The maximum Gasteiger partial charge on any atom is 0.336 e. The number of allylic oxidation sites excluding steroid dienone is 1. The number of esters is 2. The van der Waals surface area contributed by atoms with Gasteiger partial charge >= 0.3 is 11.9 Å². The number of likely N-dealkylation sites (tertiary alicyclic amines) is 1. The Morgan fingerprint density at radius 1 is 1.11 bits per heavy atom. The van der Waals surface area contributed by atoms with Gasteiger partial charge in [-0.25, -0.2) is 4.79 Å². The van der Waals surface area contributed by atoms with Crippen LogP contribution in [0.3, 0.4) is 0 Å². The maximum atomic E-state index is 12.8. The van der Waals surface area contributed by atoms with Crippen LogP contribution in [0.2, 0.25) is 0 Å². The van der Waals surface area contributed by atoms with Crippen molar-refractivity contribution in [3.8, 4) is 5.75 Å². The second-order valence-corrected chi connectivity index (χ2v) is 9.16. The predicted octanol–water partition coefficient (Wildman–Crippen LogP) is 4.03. The third-order valence-corrected chi connectivity index (χ3v) is 6.80. The minimum atomic E-state index is -0.962. The molecule has 0 saturated carbocycles. The number of nitrogens with zero attached hydrogens (tertiary/aromatic N) is 3. The van der Waals surface area contributed by atoms with Crippen molar-refractivity contribution in [2.75, 3.05) is 40.5 Å². The van der Waals surface area contributed by atoms with Gasteiger partial charge in [-0.3, -0.25) is 19.9 Å². The molecule has 3 rings (SSSR count). The first kappa shape index (κ1) is 27.3. The van der Waals surface area contributed by atoms with Crippen molar-refractivity contribution in [2.24, 2.45) is 10.9 Å². The van der Waals surface area contributed by atoms with Crippen LogP contribution >= 0.6 is 0 Å². The fourth-order valence-electron chi connectivity index (χ4n) is 5.01. The van der Waals surface area contributed by atoms with E-state index in [2.05, 4.69) is 9.89 Å². The highest BCUT2D eigenvalue weighted by Gasteiger charge is 2.43. The number of hydrogen-bond donors (Lipinski definition) is 0. The average Bonchev–Trinajstić information content (AvgIpc) is 2.87. The summed E-state index contributed by atoms with van der Waals surface area (Å²) in [5, 5.41) is 11.6. The van der Waals surface area contributed by atoms with E-state index in [0.29, 0.717) is 29.3 Å². The molecule has 36 heavy (non-hydrogen) atoms. The summed E-state index contributed by atoms with van der Waals surface area (Å²) in [6.07, 6.45) is 5.54. The lowest BCUT2D eigenvalue weighted by molar-refractivity contribution is -0.385. The Kier molecular flexibility index (Phi) is 9.58. The highest BCUT2D eigenvalue weighted by Crippen LogP contribution is 2.44. The van der Waals surface area contributed by atoms with E-state index in [-0.39, 0.29) is 11.3 Å². The molecule has 0 N–H and O–H groups in total. The van der Waals surface area contributed by atoms with E-state index in [0.717, 1.165) is 32.5 Å². The van der Waals surface area contributed by atoms with Gasteiger partial charge in [0.1, 0.15) is 11.7 Å². The standard InChI is InChI=1S/C26H35N3O7/c1-17-22(25(30)34-3)24(23(18(2)27-17)26(31)35-4)20-16-19(29(32)33)10-11-21(20)36-15-9-8-14-28-12-6-5-7-13-28/h10-11,16,22,24H,5-9,12-15H2,1-4H3. The van der Waals surface area contributed by atoms with E-state index >= 15 is 0 Å². The molecule has 0 radical (unpaired) electrons. The zero-order valence-corrected chi connectivity index (χ0v) is 21.5. The molecule has 10 nitrogen and oxygen atoms in total. The quantitative estimate of drug-likeness (QED) is 0.204. The summed E-state index contributed by atoms with van der Waals surface area (Å²) in [6.45, 7) is 6.99. The van der Waals surface area contributed by atoms with E-state index in [1.165, 1.54) is 51.7 Å². The highest BCUT2D eigenvalue weighted by molar-refractivity contribution is 6.07. The van der Waals surface area contributed by atoms with Crippen molar-refractivity contribution < 1.29 is 28.7 Å². The van der Waals surface area contributed by atoms with Crippen molar-refractivity contribution >= 4 is 23.3 Å². The van der Waals surface area contributed by atoms with Gasteiger partial charge in [0.25, 0.3) is 5.69 Å². The number of non-ortho nitro benzene ring substituents is 1. The van der Waals surface area contributed by atoms with Gasteiger partial charge in [-0.15, -0.1) is 0 Å². The average molecular weight is 502 g/mol. The van der Waals surface area contributed by atoms with Gasteiger partial charge < -0.3 is 19.1 Å². The van der Waals surface area contributed by atoms with Crippen LogP contribution < -0.4 is 4.74 Å². The first-order chi connectivity index (χ1) is 17.3. The number of benzene rings is 1. The van der Waals surface area contributed by atoms with Crippen LogP contribution in [-0.2, 0) is 19.1 Å². The zero-order chi connectivity index (χ0) is 26.2. The maximum absolute atomic E-state index is 12.8. The Labute approximate surface area is 211 Å². The molecule has 0 amide bonds. The molecule has 2 aliphatic heterocycles. The predicted molar refractivity (Wildman–Crippen MR) is 134 cm³/mol. The lowest BCUT2D eigenvalue weighted by atomic mass is 9.75. The van der Waals surface area contributed by atoms with Gasteiger partial charge in [0.2, 0.25) is 0 Å². The number of nitro benzene ring substituents is 1. The molecule has 1 aromatic carbocycles. The summed E-state index contributed by atoms with van der Waals surface area (Å²) in [5.74, 6) is -2.76. The number of rotatable bonds is 10. The molecule has 0 bridgehead atoms. The number of nitro groups is 1. The second-order valence-electron chi connectivity index (χ2n) is 9.16. The SMILES string of the molecule is COC(=O)C1=C(C)N=C(C)C(C(=O)OC)C1c1cc([N+](=O)[O-])ccc1OCCCCN1CCCCC1. The number of unbranched alkanes of at least 4 members (excludes halogenated alkanes) is 1. The van der Waals surface area contributed by atoms with Crippen LogP contribution in [0.4, 0.5) is 5.69 Å². The fraction of sp³-hybridized carbons (Fsp3) is 0.577. The van der Waals surface area contributed by atoms with Gasteiger partial charge in [-0.2, -0.15) is 0 Å². The Morgan fingerprint density at radius 3 is 2.47 bits per heavy atom. The zero-order valence-electron chi connectivity index (χ0n) is 21.5. The van der Waals surface area contributed by atoms with E-state index in [9.17, 15) is 19.7 Å². The summed E-state index contributed by atoms with van der Waals surface area (Å²) < 4.78 is 16.1. The van der Waals surface area contributed by atoms with Gasteiger partial charge in [-0.1, -0.05) is 6.42 Å². The topological polar surface area (TPSA) is 121 Å². The molecule has 0 spiro atoms. The number of piperidine rings is 1. The number of carbonyl (C=O) groups excluding carboxylic acids is 2. The normalized spacial score (nSPS) is 20.5. The lowest BCUT2D eigenvalue weighted by Gasteiger charge is -2.32. The smallest absolute Gasteiger partial charge is 0.336 e. The number of hydrogen-bond acceptors (Lipinski definition) is 9. The molecule has 2 heterocycles. The summed E-state index contributed by atoms with van der Waals surface area (Å²) in [7, 11) is 2.49. The summed E-state index contributed by atoms with van der Waals surface area (Å²) in [5.41, 5.74) is 1.14. The second kappa shape index (κ2) is 12.6. The lowest BCUT2D eigenvalue weighted by Crippen LogP contribution is -2.36. The number of aliphatic imine (C=N–C) groups is 1. The molecule has 0 aromatic heterocycles. The molecule has 2 unspecified atom stereocenters. The molecule has 2 atom stereocenters. The third kappa shape index (κ3) is 6.29. The number of carbonyl (C=O) groups is 2. The minimum absolute atomic E-state index is 0.147. The highest BCUT2D eigenvalue weighted by atomic mass is 16.6. The molecule has 196 valence electrons. The molecule has 1 fully saturated rings. The Balaban J connectivity index is 1.92. The Hall–Kier alpha value is -3.27. The molecule has 1 saturated heterocycles. The van der Waals surface area contributed by atoms with E-state index < -0.39 is 28.7 Å². The summed E-state index contributed by atoms with van der Waals surface area (Å²) in [4.78, 5) is 43.6. The third-order valence-electron chi connectivity index (χ3n) is 6.80. The van der Waals surface area contributed by atoms with Crippen molar-refractivity contribution in [3.63, 3.8) is 0 Å². The van der Waals surface area contributed by atoms with Crippen LogP contribution in [0.5, 0.6) is 5.75 Å². The Morgan fingerprint density at radius 2 is 1.83 bits per heavy atom. The first-order valence-electron chi connectivity index (χ1n) is 12.3. The van der Waals surface area contributed by atoms with Gasteiger partial charge in [0.05, 0.1) is 31.3 Å². The summed E-state index contributed by atoms with van der Waals surface area (Å²) in [6, 6.07) is 4.24. The van der Waals surface area contributed by atoms with Crippen LogP contribution in [0.1, 0.15) is 57.4 Å². The van der Waals surface area contributed by atoms with Crippen LogP contribution in [0, 0.1) is 16.0 Å². The molecular weight excluding hydrogens is 466 g/mol. The van der Waals surface area contributed by atoms with E-state index in [1.807, 2.05) is 0 Å². The molecule has 10 heteroatoms. The number of methoxy groups -OCH3 is 2. The van der Waals surface area contributed by atoms with Crippen molar-refractivity contribution in [2.45, 2.75) is 51.9 Å². The Bertz CT molecular complexity index is 1040. The van der Waals surface area contributed by atoms with E-state index in [1.54, 1.807) is 13.8 Å². The van der Waals surface area contributed by atoms with Crippen LogP contribution in [0.15, 0.2) is 34.5 Å². The summed E-state index contributed by atoms with van der Waals surface area (Å²) >= 11 is 0. The van der Waals surface area contributed by atoms with Gasteiger partial charge in [0.15, 0.2) is 0 Å². The van der Waals surface area contributed by atoms with Crippen LogP contribution in [-0.4, -0.2) is 67.9 Å². The fourth-order valence-corrected chi connectivity index (χ4v) is 5.01.